The first-order valence-corrected chi connectivity index (χ1v) is 11.8. The summed E-state index contributed by atoms with van der Waals surface area (Å²) < 4.78 is 43.9. The average molecular weight is 475 g/mol. The lowest BCUT2D eigenvalue weighted by Crippen LogP contribution is -2.47. The molecule has 3 fully saturated rings. The average Bonchev–Trinajstić information content (AvgIpc) is 2.79. The Morgan fingerprint density at radius 2 is 1.72 bits per heavy atom. The van der Waals surface area contributed by atoms with Gasteiger partial charge in [0.15, 0.2) is 0 Å². The van der Waals surface area contributed by atoms with Gasteiger partial charge in [0.05, 0.1) is 23.8 Å². The van der Waals surface area contributed by atoms with Crippen molar-refractivity contribution in [3.05, 3.63) is 22.8 Å². The Labute approximate surface area is 191 Å². The summed E-state index contributed by atoms with van der Waals surface area (Å²) >= 11 is 6.08. The van der Waals surface area contributed by atoms with Crippen molar-refractivity contribution in [1.29, 1.82) is 0 Å². The summed E-state index contributed by atoms with van der Waals surface area (Å²) in [5, 5.41) is -0.00746. The number of carbonyl (C=O) groups excluding carboxylic acids is 1. The van der Waals surface area contributed by atoms with Gasteiger partial charge in [-0.1, -0.05) is 11.6 Å². The summed E-state index contributed by atoms with van der Waals surface area (Å²) in [7, 11) is 0. The molecule has 1 aromatic rings. The lowest BCUT2D eigenvalue weighted by molar-refractivity contribution is -0.138. The third kappa shape index (κ3) is 5.66. The van der Waals surface area contributed by atoms with Gasteiger partial charge in [-0.3, -0.25) is 9.69 Å². The smallest absolute Gasteiger partial charge is 0.379 e. The van der Waals surface area contributed by atoms with E-state index in [1.165, 1.54) is 0 Å². The van der Waals surface area contributed by atoms with Crippen LogP contribution >= 0.6 is 11.6 Å². The summed E-state index contributed by atoms with van der Waals surface area (Å²) in [5.74, 6) is 1.15. The molecule has 1 amide bonds. The number of ether oxygens (including phenoxy) is 1. The summed E-state index contributed by atoms with van der Waals surface area (Å²) in [6, 6.07) is 0.919. The lowest BCUT2D eigenvalue weighted by atomic mass is 9.91. The maximum absolute atomic E-state index is 13.0. The number of hydrogen-bond donors (Lipinski definition) is 0. The molecule has 0 bridgehead atoms. The molecule has 3 aliphatic heterocycles. The number of rotatable bonds is 4. The molecule has 10 heteroatoms. The Hall–Kier alpha value is -1.58. The quantitative estimate of drug-likeness (QED) is 0.668. The van der Waals surface area contributed by atoms with Gasteiger partial charge in [-0.15, -0.1) is 0 Å². The molecule has 3 aliphatic rings. The van der Waals surface area contributed by atoms with Gasteiger partial charge < -0.3 is 14.5 Å². The van der Waals surface area contributed by atoms with Crippen LogP contribution in [-0.2, 0) is 15.7 Å². The second-order valence-electron chi connectivity index (χ2n) is 8.97. The van der Waals surface area contributed by atoms with Crippen LogP contribution in [0.5, 0.6) is 0 Å². The number of piperidine rings is 2. The van der Waals surface area contributed by atoms with Gasteiger partial charge >= 0.3 is 6.18 Å². The molecular weight excluding hydrogens is 445 g/mol. The first-order valence-electron chi connectivity index (χ1n) is 11.4. The van der Waals surface area contributed by atoms with Crippen molar-refractivity contribution in [3.63, 3.8) is 0 Å². The highest BCUT2D eigenvalue weighted by Crippen LogP contribution is 2.35. The van der Waals surface area contributed by atoms with Gasteiger partial charge in [0.1, 0.15) is 5.82 Å². The molecule has 6 nitrogen and oxygen atoms in total. The van der Waals surface area contributed by atoms with E-state index in [0.717, 1.165) is 71.0 Å². The number of pyridine rings is 1. The highest BCUT2D eigenvalue weighted by atomic mass is 35.5. The minimum atomic E-state index is -4.47. The molecule has 3 saturated heterocycles. The zero-order valence-corrected chi connectivity index (χ0v) is 18.9. The van der Waals surface area contributed by atoms with E-state index in [-0.39, 0.29) is 16.8 Å². The number of likely N-dealkylation sites (tertiary alicyclic amines) is 1. The van der Waals surface area contributed by atoms with Crippen molar-refractivity contribution in [3.8, 4) is 0 Å². The largest absolute Gasteiger partial charge is 0.417 e. The molecule has 0 radical (unpaired) electrons. The van der Waals surface area contributed by atoms with E-state index in [2.05, 4.69) is 9.88 Å². The molecule has 0 aliphatic carbocycles. The van der Waals surface area contributed by atoms with Crippen molar-refractivity contribution in [2.45, 2.75) is 31.9 Å². The Bertz CT molecular complexity index is 788. The topological polar surface area (TPSA) is 48.9 Å². The minimum absolute atomic E-state index is 0.00746. The molecule has 0 unspecified atom stereocenters. The second kappa shape index (κ2) is 10.1. The molecule has 0 atom stereocenters. The Morgan fingerprint density at radius 3 is 2.31 bits per heavy atom. The van der Waals surface area contributed by atoms with Crippen LogP contribution in [0.3, 0.4) is 0 Å². The third-order valence-electron chi connectivity index (χ3n) is 6.84. The standard InChI is InChI=1S/C22H30ClF3N4O2/c23-19-13-18(22(24,25)26)14-27-20(19)29-7-3-17(4-8-29)21(31)30-5-1-16(2-6-30)15-28-9-11-32-12-10-28/h13-14,16-17H,1-12,15H2. The van der Waals surface area contributed by atoms with E-state index in [9.17, 15) is 18.0 Å². The van der Waals surface area contributed by atoms with Gasteiger partial charge in [-0.05, 0) is 37.7 Å². The molecule has 0 N–H and O–H groups in total. The molecule has 0 aromatic carbocycles. The molecule has 4 heterocycles. The Kier molecular flexibility index (Phi) is 7.47. The molecule has 1 aromatic heterocycles. The first-order chi connectivity index (χ1) is 15.3. The van der Waals surface area contributed by atoms with Crippen LogP contribution in [0.15, 0.2) is 12.3 Å². The van der Waals surface area contributed by atoms with E-state index in [0.29, 0.717) is 37.7 Å². The Morgan fingerprint density at radius 1 is 1.06 bits per heavy atom. The highest BCUT2D eigenvalue weighted by molar-refractivity contribution is 6.33. The molecular formula is C22H30ClF3N4O2. The number of amides is 1. The maximum Gasteiger partial charge on any atom is 0.417 e. The first kappa shape index (κ1) is 23.6. The maximum atomic E-state index is 13.0. The van der Waals surface area contributed by atoms with Crippen LogP contribution in [-0.4, -0.2) is 79.7 Å². The third-order valence-corrected chi connectivity index (χ3v) is 7.12. The van der Waals surface area contributed by atoms with Crippen molar-refractivity contribution in [2.75, 3.05) is 63.9 Å². The number of hydrogen-bond acceptors (Lipinski definition) is 5. The van der Waals surface area contributed by atoms with Gasteiger partial charge in [-0.2, -0.15) is 13.2 Å². The number of aromatic nitrogens is 1. The fourth-order valence-corrected chi connectivity index (χ4v) is 5.19. The van der Waals surface area contributed by atoms with Crippen molar-refractivity contribution in [2.24, 2.45) is 11.8 Å². The van der Waals surface area contributed by atoms with Crippen LogP contribution in [0.1, 0.15) is 31.2 Å². The van der Waals surface area contributed by atoms with Crippen LogP contribution < -0.4 is 4.90 Å². The summed E-state index contributed by atoms with van der Waals surface area (Å²) in [6.45, 7) is 7.42. The molecule has 0 spiro atoms. The summed E-state index contributed by atoms with van der Waals surface area (Å²) in [5.41, 5.74) is -0.853. The molecule has 4 rings (SSSR count). The van der Waals surface area contributed by atoms with E-state index >= 15 is 0 Å². The van der Waals surface area contributed by atoms with Crippen LogP contribution in [0, 0.1) is 11.8 Å². The SMILES string of the molecule is O=C(C1CCN(c2ncc(C(F)(F)F)cc2Cl)CC1)N1CCC(CN2CCOCC2)CC1. The Balaban J connectivity index is 1.24. The van der Waals surface area contributed by atoms with Gasteiger partial charge in [0, 0.05) is 57.9 Å². The normalized spacial score (nSPS) is 22.4. The predicted molar refractivity (Wildman–Crippen MR) is 116 cm³/mol. The number of halogens is 4. The number of morpholine rings is 1. The van der Waals surface area contributed by atoms with Gasteiger partial charge in [-0.25, -0.2) is 4.98 Å². The van der Waals surface area contributed by atoms with Crippen LogP contribution in [0.4, 0.5) is 19.0 Å². The summed E-state index contributed by atoms with van der Waals surface area (Å²) in [4.78, 5) is 23.3. The van der Waals surface area contributed by atoms with Gasteiger partial charge in [0.25, 0.3) is 0 Å². The van der Waals surface area contributed by atoms with E-state index in [4.69, 9.17) is 16.3 Å². The second-order valence-corrected chi connectivity index (χ2v) is 9.38. The highest BCUT2D eigenvalue weighted by Gasteiger charge is 2.34. The van der Waals surface area contributed by atoms with Crippen LogP contribution in [0.2, 0.25) is 5.02 Å². The lowest BCUT2D eigenvalue weighted by Gasteiger charge is -2.39. The monoisotopic (exact) mass is 474 g/mol. The minimum Gasteiger partial charge on any atom is -0.379 e. The number of anilines is 1. The molecule has 178 valence electrons. The molecule has 0 saturated carbocycles. The zero-order chi connectivity index (χ0) is 22.7. The fourth-order valence-electron chi connectivity index (χ4n) is 4.90. The summed E-state index contributed by atoms with van der Waals surface area (Å²) in [6.07, 6.45) is -0.263. The van der Waals surface area contributed by atoms with Crippen LogP contribution in [0.25, 0.3) is 0 Å². The number of nitrogens with zero attached hydrogens (tertiary/aromatic N) is 4. The number of alkyl halides is 3. The zero-order valence-electron chi connectivity index (χ0n) is 18.1. The van der Waals surface area contributed by atoms with E-state index < -0.39 is 11.7 Å². The van der Waals surface area contributed by atoms with Crippen molar-refractivity contribution >= 4 is 23.3 Å². The predicted octanol–water partition coefficient (Wildman–Crippen LogP) is 3.54. The van der Waals surface area contributed by atoms with Crippen molar-refractivity contribution < 1.29 is 22.7 Å². The number of carbonyl (C=O) groups is 1. The molecule has 32 heavy (non-hydrogen) atoms. The van der Waals surface area contributed by atoms with Gasteiger partial charge in [0.2, 0.25) is 5.91 Å². The van der Waals surface area contributed by atoms with E-state index in [1.54, 1.807) is 0 Å². The van der Waals surface area contributed by atoms with Crippen molar-refractivity contribution in [1.82, 2.24) is 14.8 Å². The fraction of sp³-hybridized carbons (Fsp3) is 0.727. The van der Waals surface area contributed by atoms with E-state index in [1.807, 2.05) is 9.80 Å².